The van der Waals surface area contributed by atoms with E-state index in [2.05, 4.69) is 4.74 Å². The molecule has 1 aromatic rings. The number of phenols is 1. The first-order chi connectivity index (χ1) is 9.12. The van der Waals surface area contributed by atoms with E-state index in [4.69, 9.17) is 14.2 Å². The first kappa shape index (κ1) is 14.9. The normalized spacial score (nSPS) is 9.84. The molecule has 0 radical (unpaired) electrons. The van der Waals surface area contributed by atoms with Crippen molar-refractivity contribution in [3.63, 3.8) is 0 Å². The van der Waals surface area contributed by atoms with Crippen LogP contribution in [-0.4, -0.2) is 39.0 Å². The number of phenolic OH excluding ortho intramolecular Hbond substituents is 1. The molecular formula is C13H18O6. The van der Waals surface area contributed by atoms with Gasteiger partial charge in [-0.3, -0.25) is 4.79 Å². The summed E-state index contributed by atoms with van der Waals surface area (Å²) >= 11 is 0. The van der Waals surface area contributed by atoms with Gasteiger partial charge in [0.25, 0.3) is 0 Å². The molecule has 106 valence electrons. The van der Waals surface area contributed by atoms with Gasteiger partial charge in [-0.1, -0.05) is 0 Å². The summed E-state index contributed by atoms with van der Waals surface area (Å²) in [7, 11) is 4.28. The van der Waals surface area contributed by atoms with Gasteiger partial charge in [0, 0.05) is 18.6 Å². The van der Waals surface area contributed by atoms with Crippen LogP contribution in [0.3, 0.4) is 0 Å². The molecule has 0 atom stereocenters. The van der Waals surface area contributed by atoms with Crippen molar-refractivity contribution < 1.29 is 28.8 Å². The van der Waals surface area contributed by atoms with Gasteiger partial charge in [-0.15, -0.1) is 0 Å². The number of ether oxygens (including phenoxy) is 4. The lowest BCUT2D eigenvalue weighted by atomic mass is 10.2. The first-order valence-electron chi connectivity index (χ1n) is 5.77. The fourth-order valence-electron chi connectivity index (χ4n) is 1.50. The second-order valence-corrected chi connectivity index (χ2v) is 3.71. The monoisotopic (exact) mass is 270 g/mol. The van der Waals surface area contributed by atoms with Crippen molar-refractivity contribution in [2.45, 2.75) is 12.8 Å². The van der Waals surface area contributed by atoms with Crippen molar-refractivity contribution in [3.05, 3.63) is 12.1 Å². The van der Waals surface area contributed by atoms with Gasteiger partial charge in [-0.05, 0) is 6.42 Å². The molecule has 0 aliphatic rings. The molecule has 0 unspecified atom stereocenters. The molecule has 0 amide bonds. The molecular weight excluding hydrogens is 252 g/mol. The topological polar surface area (TPSA) is 74.2 Å². The Morgan fingerprint density at radius 1 is 1.16 bits per heavy atom. The van der Waals surface area contributed by atoms with Crippen LogP contribution in [0.4, 0.5) is 0 Å². The van der Waals surface area contributed by atoms with Gasteiger partial charge in [0.1, 0.15) is 5.75 Å². The fourth-order valence-corrected chi connectivity index (χ4v) is 1.50. The van der Waals surface area contributed by atoms with E-state index in [1.54, 1.807) is 0 Å². The van der Waals surface area contributed by atoms with Gasteiger partial charge in [-0.25, -0.2) is 0 Å². The van der Waals surface area contributed by atoms with Crippen molar-refractivity contribution in [3.8, 4) is 23.0 Å². The number of methoxy groups -OCH3 is 3. The van der Waals surface area contributed by atoms with Crippen LogP contribution >= 0.6 is 0 Å². The lowest BCUT2D eigenvalue weighted by Gasteiger charge is -2.14. The molecule has 0 spiro atoms. The highest BCUT2D eigenvalue weighted by Gasteiger charge is 2.14. The number of carbonyl (C=O) groups excluding carboxylic acids is 1. The molecule has 0 aliphatic heterocycles. The Morgan fingerprint density at radius 2 is 1.74 bits per heavy atom. The van der Waals surface area contributed by atoms with E-state index in [0.29, 0.717) is 30.3 Å². The van der Waals surface area contributed by atoms with Crippen LogP contribution in [0.2, 0.25) is 0 Å². The smallest absolute Gasteiger partial charge is 0.305 e. The fraction of sp³-hybridized carbons (Fsp3) is 0.462. The van der Waals surface area contributed by atoms with Crippen LogP contribution in [0.15, 0.2) is 12.1 Å². The molecule has 1 rings (SSSR count). The average Bonchev–Trinajstić information content (AvgIpc) is 2.43. The maximum Gasteiger partial charge on any atom is 0.305 e. The number of aromatic hydroxyl groups is 1. The Morgan fingerprint density at radius 3 is 2.21 bits per heavy atom. The average molecular weight is 270 g/mol. The van der Waals surface area contributed by atoms with Crippen LogP contribution in [0.1, 0.15) is 12.8 Å². The van der Waals surface area contributed by atoms with Gasteiger partial charge in [0.05, 0.1) is 27.9 Å². The van der Waals surface area contributed by atoms with Gasteiger partial charge >= 0.3 is 5.97 Å². The first-order valence-corrected chi connectivity index (χ1v) is 5.77. The van der Waals surface area contributed by atoms with Crippen LogP contribution in [0.5, 0.6) is 23.0 Å². The number of rotatable bonds is 7. The minimum Gasteiger partial charge on any atom is -0.508 e. The molecule has 0 saturated carbocycles. The number of esters is 1. The molecule has 0 fully saturated rings. The summed E-state index contributed by atoms with van der Waals surface area (Å²) in [5, 5.41) is 9.48. The lowest BCUT2D eigenvalue weighted by molar-refractivity contribution is -0.140. The van der Waals surface area contributed by atoms with E-state index >= 15 is 0 Å². The standard InChI is InChI=1S/C13H18O6/c1-16-10-7-9(14)8-11(17-2)13(10)19-6-4-5-12(15)18-3/h7-8,14H,4-6H2,1-3H3. The van der Waals surface area contributed by atoms with Gasteiger partial charge in [0.2, 0.25) is 5.75 Å². The van der Waals surface area contributed by atoms with Crippen molar-refractivity contribution in [1.29, 1.82) is 0 Å². The van der Waals surface area contributed by atoms with Crippen LogP contribution < -0.4 is 14.2 Å². The predicted octanol–water partition coefficient (Wildman–Crippen LogP) is 1.74. The van der Waals surface area contributed by atoms with Crippen molar-refractivity contribution >= 4 is 5.97 Å². The summed E-state index contributed by atoms with van der Waals surface area (Å²) < 4.78 is 20.3. The number of carbonyl (C=O) groups is 1. The summed E-state index contributed by atoms with van der Waals surface area (Å²) in [6, 6.07) is 2.86. The van der Waals surface area contributed by atoms with E-state index in [1.807, 2.05) is 0 Å². The predicted molar refractivity (Wildman–Crippen MR) is 68.0 cm³/mol. The Kier molecular flexibility index (Phi) is 5.78. The molecule has 6 nitrogen and oxygen atoms in total. The second-order valence-electron chi connectivity index (χ2n) is 3.71. The SMILES string of the molecule is COC(=O)CCCOc1c(OC)cc(O)cc1OC. The van der Waals surface area contributed by atoms with Crippen LogP contribution in [0.25, 0.3) is 0 Å². The molecule has 0 aliphatic carbocycles. The third kappa shape index (κ3) is 4.24. The molecule has 1 aromatic carbocycles. The van der Waals surface area contributed by atoms with E-state index in [0.717, 1.165) is 0 Å². The van der Waals surface area contributed by atoms with Crippen molar-refractivity contribution in [2.75, 3.05) is 27.9 Å². The minimum absolute atomic E-state index is 0.0237. The maximum absolute atomic E-state index is 11.0. The van der Waals surface area contributed by atoms with Crippen LogP contribution in [0, 0.1) is 0 Å². The highest BCUT2D eigenvalue weighted by molar-refractivity contribution is 5.69. The molecule has 0 aromatic heterocycles. The Bertz CT molecular complexity index is 404. The summed E-state index contributed by atoms with van der Waals surface area (Å²) in [4.78, 5) is 11.0. The van der Waals surface area contributed by atoms with Gasteiger partial charge in [0.15, 0.2) is 11.5 Å². The van der Waals surface area contributed by atoms with E-state index < -0.39 is 0 Å². The summed E-state index contributed by atoms with van der Waals surface area (Å²) in [6.07, 6.45) is 0.791. The van der Waals surface area contributed by atoms with Gasteiger partial charge in [-0.2, -0.15) is 0 Å². The second kappa shape index (κ2) is 7.35. The zero-order valence-electron chi connectivity index (χ0n) is 11.3. The molecule has 0 saturated heterocycles. The Labute approximate surface area is 111 Å². The quantitative estimate of drug-likeness (QED) is 0.601. The molecule has 19 heavy (non-hydrogen) atoms. The summed E-state index contributed by atoms with van der Waals surface area (Å²) in [5.74, 6) is 0.876. The zero-order chi connectivity index (χ0) is 14.3. The maximum atomic E-state index is 11.0. The lowest BCUT2D eigenvalue weighted by Crippen LogP contribution is -2.06. The molecule has 0 heterocycles. The number of hydrogen-bond donors (Lipinski definition) is 1. The highest BCUT2D eigenvalue weighted by atomic mass is 16.5. The van der Waals surface area contributed by atoms with Gasteiger partial charge < -0.3 is 24.1 Å². The molecule has 1 N–H and O–H groups in total. The summed E-state index contributed by atoms with van der Waals surface area (Å²) in [5.41, 5.74) is 0. The number of hydrogen-bond acceptors (Lipinski definition) is 6. The van der Waals surface area contributed by atoms with E-state index in [-0.39, 0.29) is 18.1 Å². The molecule has 6 heteroatoms. The Balaban J connectivity index is 2.68. The Hall–Kier alpha value is -2.11. The number of benzene rings is 1. The van der Waals surface area contributed by atoms with E-state index in [1.165, 1.54) is 33.5 Å². The summed E-state index contributed by atoms with van der Waals surface area (Å²) in [6.45, 7) is 0.312. The van der Waals surface area contributed by atoms with Crippen molar-refractivity contribution in [1.82, 2.24) is 0 Å². The highest BCUT2D eigenvalue weighted by Crippen LogP contribution is 2.40. The zero-order valence-corrected chi connectivity index (χ0v) is 11.3. The third-order valence-electron chi connectivity index (χ3n) is 2.44. The largest absolute Gasteiger partial charge is 0.508 e. The minimum atomic E-state index is -0.284. The molecule has 0 bridgehead atoms. The van der Waals surface area contributed by atoms with Crippen molar-refractivity contribution in [2.24, 2.45) is 0 Å². The van der Waals surface area contributed by atoms with E-state index in [9.17, 15) is 9.90 Å². The van der Waals surface area contributed by atoms with Crippen LogP contribution in [-0.2, 0) is 9.53 Å². The third-order valence-corrected chi connectivity index (χ3v) is 2.44.